The fourth-order valence-electron chi connectivity index (χ4n) is 3.35. The van der Waals surface area contributed by atoms with E-state index in [0.29, 0.717) is 24.5 Å². The summed E-state index contributed by atoms with van der Waals surface area (Å²) in [6, 6.07) is 17.8. The molecule has 0 spiro atoms. The average Bonchev–Trinajstić information content (AvgIpc) is 3.30. The second kappa shape index (κ2) is 11.5. The standard InChI is InChI=1S/C23H25ClN2O4S2/c24-12-10-18(17-5-2-1-3-6-17)16-25-22-9-8-20(15-21(22)23(27)28)32(29,30)26-13-11-19-7-4-14-31-19/h1-9,14-15,18,25-26H,10-13,16H2,(H,27,28). The van der Waals surface area contributed by atoms with Crippen molar-refractivity contribution in [2.24, 2.45) is 0 Å². The van der Waals surface area contributed by atoms with Crippen molar-refractivity contribution < 1.29 is 18.3 Å². The minimum Gasteiger partial charge on any atom is -0.478 e. The Kier molecular flexibility index (Phi) is 8.69. The number of benzene rings is 2. The monoisotopic (exact) mass is 492 g/mol. The number of carbonyl (C=O) groups is 1. The summed E-state index contributed by atoms with van der Waals surface area (Å²) in [6.45, 7) is 0.713. The molecular formula is C23H25ClN2O4S2. The molecule has 0 saturated carbocycles. The summed E-state index contributed by atoms with van der Waals surface area (Å²) in [7, 11) is -3.82. The zero-order valence-electron chi connectivity index (χ0n) is 17.3. The van der Waals surface area contributed by atoms with Gasteiger partial charge < -0.3 is 10.4 Å². The third-order valence-electron chi connectivity index (χ3n) is 5.04. The van der Waals surface area contributed by atoms with Gasteiger partial charge in [0.05, 0.1) is 10.5 Å². The molecule has 0 aliphatic heterocycles. The predicted molar refractivity (Wildman–Crippen MR) is 130 cm³/mol. The van der Waals surface area contributed by atoms with E-state index in [2.05, 4.69) is 10.0 Å². The molecule has 1 atom stereocenters. The minimum absolute atomic E-state index is 0.0769. The summed E-state index contributed by atoms with van der Waals surface area (Å²) >= 11 is 7.52. The Bertz CT molecular complexity index is 1120. The van der Waals surface area contributed by atoms with Crippen LogP contribution in [0.25, 0.3) is 0 Å². The Morgan fingerprint density at radius 3 is 2.53 bits per heavy atom. The molecule has 0 aliphatic rings. The first-order valence-electron chi connectivity index (χ1n) is 10.1. The molecule has 0 saturated heterocycles. The van der Waals surface area contributed by atoms with Crippen LogP contribution < -0.4 is 10.0 Å². The molecule has 3 rings (SSSR count). The number of anilines is 1. The summed E-state index contributed by atoms with van der Waals surface area (Å²) in [5.41, 5.74) is 1.38. The van der Waals surface area contributed by atoms with Gasteiger partial charge in [-0.2, -0.15) is 0 Å². The number of aromatic carboxylic acids is 1. The lowest BCUT2D eigenvalue weighted by Crippen LogP contribution is -2.26. The van der Waals surface area contributed by atoms with Gasteiger partial charge in [-0.25, -0.2) is 17.9 Å². The van der Waals surface area contributed by atoms with Gasteiger partial charge in [0.25, 0.3) is 0 Å². The van der Waals surface area contributed by atoms with Gasteiger partial charge in [-0.05, 0) is 48.1 Å². The zero-order chi connectivity index (χ0) is 23.0. The van der Waals surface area contributed by atoms with Gasteiger partial charge in [0.2, 0.25) is 10.0 Å². The van der Waals surface area contributed by atoms with Gasteiger partial charge in [-0.1, -0.05) is 36.4 Å². The maximum atomic E-state index is 12.6. The second-order valence-electron chi connectivity index (χ2n) is 7.21. The van der Waals surface area contributed by atoms with Crippen LogP contribution in [-0.4, -0.2) is 38.5 Å². The number of halogens is 1. The van der Waals surface area contributed by atoms with Crippen LogP contribution in [0.5, 0.6) is 0 Å². The van der Waals surface area contributed by atoms with E-state index in [1.54, 1.807) is 11.3 Å². The molecule has 0 bridgehead atoms. The molecule has 0 aliphatic carbocycles. The molecule has 1 heterocycles. The number of alkyl halides is 1. The van der Waals surface area contributed by atoms with E-state index in [9.17, 15) is 18.3 Å². The number of hydrogen-bond acceptors (Lipinski definition) is 5. The number of rotatable bonds is 12. The van der Waals surface area contributed by atoms with Gasteiger partial charge in [0.15, 0.2) is 0 Å². The first kappa shape index (κ1) is 24.3. The quantitative estimate of drug-likeness (QED) is 0.316. The Morgan fingerprint density at radius 2 is 1.88 bits per heavy atom. The summed E-state index contributed by atoms with van der Waals surface area (Å²) in [6.07, 6.45) is 1.30. The highest BCUT2D eigenvalue weighted by Crippen LogP contribution is 2.25. The van der Waals surface area contributed by atoms with Gasteiger partial charge in [0, 0.05) is 35.5 Å². The Hall–Kier alpha value is -2.39. The molecular weight excluding hydrogens is 468 g/mol. The van der Waals surface area contributed by atoms with Crippen LogP contribution >= 0.6 is 22.9 Å². The predicted octanol–water partition coefficient (Wildman–Crippen LogP) is 4.79. The Morgan fingerprint density at radius 1 is 1.09 bits per heavy atom. The third kappa shape index (κ3) is 6.56. The molecule has 2 aromatic carbocycles. The van der Waals surface area contributed by atoms with Crippen molar-refractivity contribution in [3.05, 3.63) is 82.0 Å². The van der Waals surface area contributed by atoms with E-state index < -0.39 is 16.0 Å². The first-order chi connectivity index (χ1) is 15.4. The number of nitrogens with one attached hydrogen (secondary N) is 2. The van der Waals surface area contributed by atoms with Crippen molar-refractivity contribution in [1.29, 1.82) is 0 Å². The van der Waals surface area contributed by atoms with Crippen molar-refractivity contribution >= 4 is 44.6 Å². The molecule has 6 nitrogen and oxygen atoms in total. The molecule has 0 fully saturated rings. The topological polar surface area (TPSA) is 95.5 Å². The van der Waals surface area contributed by atoms with Crippen LogP contribution in [0.2, 0.25) is 0 Å². The summed E-state index contributed by atoms with van der Waals surface area (Å²) < 4.78 is 27.8. The van der Waals surface area contributed by atoms with Crippen molar-refractivity contribution in [2.45, 2.75) is 23.7 Å². The van der Waals surface area contributed by atoms with Crippen LogP contribution in [0.15, 0.2) is 70.9 Å². The van der Waals surface area contributed by atoms with E-state index in [-0.39, 0.29) is 22.9 Å². The van der Waals surface area contributed by atoms with E-state index in [1.807, 2.05) is 47.8 Å². The number of carboxylic acids is 1. The largest absolute Gasteiger partial charge is 0.478 e. The van der Waals surface area contributed by atoms with Crippen molar-refractivity contribution in [3.63, 3.8) is 0 Å². The van der Waals surface area contributed by atoms with Crippen LogP contribution in [-0.2, 0) is 16.4 Å². The SMILES string of the molecule is O=C(O)c1cc(S(=O)(=O)NCCc2cccs2)ccc1NCC(CCCl)c1ccccc1. The van der Waals surface area contributed by atoms with Gasteiger partial charge in [0.1, 0.15) is 0 Å². The summed E-state index contributed by atoms with van der Waals surface area (Å²) in [5, 5.41) is 14.8. The van der Waals surface area contributed by atoms with Gasteiger partial charge in [-0.15, -0.1) is 22.9 Å². The molecule has 1 aromatic heterocycles. The molecule has 9 heteroatoms. The van der Waals surface area contributed by atoms with Crippen LogP contribution in [0.3, 0.4) is 0 Å². The smallest absolute Gasteiger partial charge is 0.337 e. The highest BCUT2D eigenvalue weighted by molar-refractivity contribution is 7.89. The van der Waals surface area contributed by atoms with Crippen LogP contribution in [0.1, 0.15) is 33.1 Å². The molecule has 0 amide bonds. The summed E-state index contributed by atoms with van der Waals surface area (Å²) in [4.78, 5) is 12.8. The molecule has 1 unspecified atom stereocenters. The van der Waals surface area contributed by atoms with Crippen LogP contribution in [0.4, 0.5) is 5.69 Å². The highest BCUT2D eigenvalue weighted by atomic mass is 35.5. The maximum Gasteiger partial charge on any atom is 0.337 e. The fourth-order valence-corrected chi connectivity index (χ4v) is 5.38. The molecule has 32 heavy (non-hydrogen) atoms. The maximum absolute atomic E-state index is 12.6. The number of thiophene rings is 1. The lowest BCUT2D eigenvalue weighted by atomic mass is 9.96. The third-order valence-corrected chi connectivity index (χ3v) is 7.66. The van der Waals surface area contributed by atoms with E-state index in [0.717, 1.165) is 16.9 Å². The van der Waals surface area contributed by atoms with Gasteiger partial charge >= 0.3 is 5.97 Å². The van der Waals surface area contributed by atoms with E-state index in [1.165, 1.54) is 18.2 Å². The van der Waals surface area contributed by atoms with E-state index in [4.69, 9.17) is 11.6 Å². The van der Waals surface area contributed by atoms with Crippen molar-refractivity contribution in [2.75, 3.05) is 24.3 Å². The molecule has 3 N–H and O–H groups in total. The van der Waals surface area contributed by atoms with Gasteiger partial charge in [-0.3, -0.25) is 0 Å². The van der Waals surface area contributed by atoms with Crippen molar-refractivity contribution in [1.82, 2.24) is 4.72 Å². The van der Waals surface area contributed by atoms with E-state index >= 15 is 0 Å². The number of carboxylic acid groups (broad SMARTS) is 1. The highest BCUT2D eigenvalue weighted by Gasteiger charge is 2.20. The fraction of sp³-hybridized carbons (Fsp3) is 0.261. The Labute approximate surface area is 197 Å². The number of sulfonamides is 1. The Balaban J connectivity index is 1.72. The second-order valence-corrected chi connectivity index (χ2v) is 10.4. The van der Waals surface area contributed by atoms with Crippen LogP contribution in [0, 0.1) is 0 Å². The molecule has 170 valence electrons. The molecule has 0 radical (unpaired) electrons. The minimum atomic E-state index is -3.82. The van der Waals surface area contributed by atoms with Crippen molar-refractivity contribution in [3.8, 4) is 0 Å². The molecule has 3 aromatic rings. The lowest BCUT2D eigenvalue weighted by molar-refractivity contribution is 0.0697. The lowest BCUT2D eigenvalue weighted by Gasteiger charge is -2.19. The first-order valence-corrected chi connectivity index (χ1v) is 13.0. The number of hydrogen-bond donors (Lipinski definition) is 3. The normalized spacial score (nSPS) is 12.4. The average molecular weight is 493 g/mol. The summed E-state index contributed by atoms with van der Waals surface area (Å²) in [5.74, 6) is -0.629. The zero-order valence-corrected chi connectivity index (χ0v) is 19.7.